The van der Waals surface area contributed by atoms with E-state index < -0.39 is 0 Å². The average molecular weight is 273 g/mol. The molecule has 108 valence electrons. The second-order valence-electron chi connectivity index (χ2n) is 5.22. The summed E-state index contributed by atoms with van der Waals surface area (Å²) in [6, 6.07) is 6.32. The van der Waals surface area contributed by atoms with Crippen molar-refractivity contribution in [2.45, 2.75) is 33.7 Å². The first-order valence-corrected chi connectivity index (χ1v) is 6.87. The van der Waals surface area contributed by atoms with E-state index in [0.717, 1.165) is 22.8 Å². The van der Waals surface area contributed by atoms with E-state index in [1.165, 1.54) is 16.7 Å². The lowest BCUT2D eigenvalue weighted by Crippen LogP contribution is -2.19. The Bertz CT molecular complexity index is 614. The van der Waals surface area contributed by atoms with Crippen LogP contribution in [0.3, 0.4) is 0 Å². The summed E-state index contributed by atoms with van der Waals surface area (Å²) >= 11 is 0. The Morgan fingerprint density at radius 3 is 2.30 bits per heavy atom. The Morgan fingerprint density at radius 1 is 1.10 bits per heavy atom. The molecule has 3 nitrogen and oxygen atoms in total. The number of furan rings is 1. The van der Waals surface area contributed by atoms with Crippen LogP contribution >= 0.6 is 0 Å². The van der Waals surface area contributed by atoms with E-state index >= 15 is 0 Å². The Kier molecular flexibility index (Phi) is 4.19. The lowest BCUT2D eigenvalue weighted by Gasteiger charge is -2.20. The van der Waals surface area contributed by atoms with Crippen LogP contribution < -0.4 is 10.1 Å². The number of ether oxygens (including phenoxy) is 1. The van der Waals surface area contributed by atoms with Crippen LogP contribution in [0, 0.1) is 27.7 Å². The van der Waals surface area contributed by atoms with Crippen molar-refractivity contribution >= 4 is 0 Å². The van der Waals surface area contributed by atoms with Gasteiger partial charge >= 0.3 is 0 Å². The molecule has 0 saturated carbocycles. The van der Waals surface area contributed by atoms with Gasteiger partial charge in [-0.25, -0.2) is 0 Å². The topological polar surface area (TPSA) is 34.4 Å². The van der Waals surface area contributed by atoms with E-state index in [4.69, 9.17) is 9.15 Å². The molecule has 0 fully saturated rings. The first-order chi connectivity index (χ1) is 9.49. The summed E-state index contributed by atoms with van der Waals surface area (Å²) < 4.78 is 11.3. The number of aryl methyl sites for hydroxylation is 3. The van der Waals surface area contributed by atoms with Crippen LogP contribution in [0.5, 0.6) is 5.75 Å². The third-order valence-electron chi connectivity index (χ3n) is 3.89. The predicted octanol–water partition coefficient (Wildman–Crippen LogP) is 3.83. The van der Waals surface area contributed by atoms with Gasteiger partial charge in [-0.15, -0.1) is 0 Å². The number of hydrogen-bond donors (Lipinski definition) is 1. The second kappa shape index (κ2) is 5.71. The molecule has 0 aliphatic carbocycles. The zero-order chi connectivity index (χ0) is 14.9. The van der Waals surface area contributed by atoms with E-state index in [1.54, 1.807) is 7.11 Å². The Morgan fingerprint density at radius 2 is 1.80 bits per heavy atom. The zero-order valence-electron chi connectivity index (χ0n) is 13.1. The predicted molar refractivity (Wildman–Crippen MR) is 81.6 cm³/mol. The highest BCUT2D eigenvalue weighted by Gasteiger charge is 2.24. The third-order valence-corrected chi connectivity index (χ3v) is 3.89. The molecule has 20 heavy (non-hydrogen) atoms. The minimum absolute atomic E-state index is 0.0716. The molecule has 0 radical (unpaired) electrons. The molecule has 0 aliphatic heterocycles. The molecule has 0 bridgehead atoms. The first kappa shape index (κ1) is 14.7. The maximum absolute atomic E-state index is 5.77. The molecule has 1 aromatic carbocycles. The molecule has 1 atom stereocenters. The number of methoxy groups -OCH3 is 1. The van der Waals surface area contributed by atoms with Crippen molar-refractivity contribution in [2.24, 2.45) is 0 Å². The van der Waals surface area contributed by atoms with Crippen LogP contribution in [0.2, 0.25) is 0 Å². The van der Waals surface area contributed by atoms with Crippen molar-refractivity contribution < 1.29 is 9.15 Å². The lowest BCUT2D eigenvalue weighted by molar-refractivity contribution is 0.404. The number of benzene rings is 1. The van der Waals surface area contributed by atoms with Crippen LogP contribution in [0.4, 0.5) is 0 Å². The molecule has 0 aliphatic rings. The number of rotatable bonds is 4. The maximum Gasteiger partial charge on any atom is 0.124 e. The second-order valence-corrected chi connectivity index (χ2v) is 5.22. The minimum Gasteiger partial charge on any atom is -0.496 e. The van der Waals surface area contributed by atoms with Crippen molar-refractivity contribution in [3.63, 3.8) is 0 Å². The van der Waals surface area contributed by atoms with Crippen LogP contribution in [0.15, 0.2) is 22.6 Å². The van der Waals surface area contributed by atoms with E-state index in [9.17, 15) is 0 Å². The number of hydrogen-bond acceptors (Lipinski definition) is 3. The van der Waals surface area contributed by atoms with Gasteiger partial charge in [0.05, 0.1) is 13.2 Å². The molecule has 3 heteroatoms. The summed E-state index contributed by atoms with van der Waals surface area (Å²) in [5.41, 5.74) is 4.76. The van der Waals surface area contributed by atoms with Gasteiger partial charge in [-0.1, -0.05) is 17.7 Å². The third kappa shape index (κ3) is 2.46. The van der Waals surface area contributed by atoms with Crippen LogP contribution in [0.1, 0.15) is 39.8 Å². The molecule has 0 amide bonds. The van der Waals surface area contributed by atoms with Crippen molar-refractivity contribution in [1.29, 1.82) is 0 Å². The molecule has 2 aromatic rings. The van der Waals surface area contributed by atoms with E-state index in [1.807, 2.05) is 27.0 Å². The standard InChI is InChI=1S/C17H23NO2/c1-10-7-8-15(19-6)14(9-10)17(18-5)16-11(2)12(3)20-13(16)4/h7-9,17-18H,1-6H3. The van der Waals surface area contributed by atoms with Crippen molar-refractivity contribution in [3.8, 4) is 5.75 Å². The van der Waals surface area contributed by atoms with Gasteiger partial charge in [0.25, 0.3) is 0 Å². The molecule has 1 aromatic heterocycles. The fraction of sp³-hybridized carbons (Fsp3) is 0.412. The van der Waals surface area contributed by atoms with Gasteiger partial charge < -0.3 is 14.5 Å². The van der Waals surface area contributed by atoms with Gasteiger partial charge in [0.15, 0.2) is 0 Å². The largest absolute Gasteiger partial charge is 0.496 e. The molecule has 1 N–H and O–H groups in total. The molecular formula is C17H23NO2. The van der Waals surface area contributed by atoms with Gasteiger partial charge in [0, 0.05) is 11.1 Å². The highest BCUT2D eigenvalue weighted by Crippen LogP contribution is 2.35. The Balaban J connectivity index is 2.61. The fourth-order valence-electron chi connectivity index (χ4n) is 2.77. The Hall–Kier alpha value is -1.74. The van der Waals surface area contributed by atoms with Crippen molar-refractivity contribution in [1.82, 2.24) is 5.32 Å². The first-order valence-electron chi connectivity index (χ1n) is 6.87. The summed E-state index contributed by atoms with van der Waals surface area (Å²) in [5, 5.41) is 3.39. The summed E-state index contributed by atoms with van der Waals surface area (Å²) in [5.74, 6) is 2.83. The molecule has 1 unspecified atom stereocenters. The summed E-state index contributed by atoms with van der Waals surface area (Å²) in [6.45, 7) is 8.22. The van der Waals surface area contributed by atoms with Gasteiger partial charge in [0.2, 0.25) is 0 Å². The quantitative estimate of drug-likeness (QED) is 0.919. The zero-order valence-corrected chi connectivity index (χ0v) is 13.1. The van der Waals surface area contributed by atoms with Crippen LogP contribution in [-0.2, 0) is 0 Å². The molecule has 0 saturated heterocycles. The van der Waals surface area contributed by atoms with E-state index in [2.05, 4.69) is 31.3 Å². The monoisotopic (exact) mass is 273 g/mol. The Labute approximate surface area is 121 Å². The highest BCUT2D eigenvalue weighted by molar-refractivity contribution is 5.47. The molecular weight excluding hydrogens is 250 g/mol. The van der Waals surface area contributed by atoms with Crippen molar-refractivity contribution in [2.75, 3.05) is 14.2 Å². The smallest absolute Gasteiger partial charge is 0.124 e. The lowest BCUT2D eigenvalue weighted by atomic mass is 9.94. The highest BCUT2D eigenvalue weighted by atomic mass is 16.5. The van der Waals surface area contributed by atoms with Crippen molar-refractivity contribution in [3.05, 3.63) is 52.0 Å². The van der Waals surface area contributed by atoms with E-state index in [-0.39, 0.29) is 6.04 Å². The SMILES string of the molecule is CNC(c1cc(C)ccc1OC)c1c(C)oc(C)c1C. The number of nitrogens with one attached hydrogen (secondary N) is 1. The summed E-state index contributed by atoms with van der Waals surface area (Å²) in [7, 11) is 3.68. The summed E-state index contributed by atoms with van der Waals surface area (Å²) in [6.07, 6.45) is 0. The van der Waals surface area contributed by atoms with Gasteiger partial charge in [-0.2, -0.15) is 0 Å². The van der Waals surface area contributed by atoms with Crippen LogP contribution in [0.25, 0.3) is 0 Å². The normalized spacial score (nSPS) is 12.5. The van der Waals surface area contributed by atoms with Gasteiger partial charge in [-0.3, -0.25) is 0 Å². The molecule has 1 heterocycles. The van der Waals surface area contributed by atoms with Gasteiger partial charge in [-0.05, 0) is 46.4 Å². The van der Waals surface area contributed by atoms with Crippen LogP contribution in [-0.4, -0.2) is 14.2 Å². The minimum atomic E-state index is 0.0716. The fourth-order valence-corrected chi connectivity index (χ4v) is 2.77. The average Bonchev–Trinajstić information content (AvgIpc) is 2.67. The summed E-state index contributed by atoms with van der Waals surface area (Å²) in [4.78, 5) is 0. The van der Waals surface area contributed by atoms with E-state index in [0.29, 0.717) is 0 Å². The van der Waals surface area contributed by atoms with Gasteiger partial charge in [0.1, 0.15) is 17.3 Å². The molecule has 2 rings (SSSR count). The molecule has 0 spiro atoms. The maximum atomic E-state index is 5.77.